The molecule has 72 valence electrons. The quantitative estimate of drug-likeness (QED) is 0.767. The van der Waals surface area contributed by atoms with Gasteiger partial charge in [0.05, 0.1) is 0 Å². The Labute approximate surface area is 83.0 Å². The molecule has 1 aliphatic carbocycles. The topological polar surface area (TPSA) is 61.6 Å². The van der Waals surface area contributed by atoms with Gasteiger partial charge in [-0.2, -0.15) is 5.26 Å². The molecule has 1 aliphatic rings. The van der Waals surface area contributed by atoms with Crippen LogP contribution in [-0.4, -0.2) is 16.0 Å². The number of anilines is 1. The summed E-state index contributed by atoms with van der Waals surface area (Å²) in [5.74, 6) is 0.997. The normalized spacial score (nSPS) is 16.5. The van der Waals surface area contributed by atoms with Crippen molar-refractivity contribution >= 4 is 5.82 Å². The molecule has 1 saturated carbocycles. The molecule has 1 aromatic rings. The van der Waals surface area contributed by atoms with Gasteiger partial charge < -0.3 is 5.32 Å². The molecule has 4 heteroatoms. The molecule has 1 aromatic heterocycles. The molecule has 0 saturated heterocycles. The Balaban J connectivity index is 2.05. The number of hydrogen-bond acceptors (Lipinski definition) is 4. The maximum atomic E-state index is 8.62. The highest BCUT2D eigenvalue weighted by molar-refractivity contribution is 5.36. The van der Waals surface area contributed by atoms with Gasteiger partial charge in [-0.3, -0.25) is 0 Å². The molecule has 0 unspecified atom stereocenters. The third-order valence-corrected chi connectivity index (χ3v) is 2.46. The van der Waals surface area contributed by atoms with E-state index in [1.165, 1.54) is 25.7 Å². The van der Waals surface area contributed by atoms with Crippen molar-refractivity contribution < 1.29 is 0 Å². The summed E-state index contributed by atoms with van der Waals surface area (Å²) >= 11 is 0. The molecule has 0 amide bonds. The van der Waals surface area contributed by atoms with Crippen LogP contribution >= 0.6 is 0 Å². The van der Waals surface area contributed by atoms with Crippen molar-refractivity contribution in [2.75, 3.05) is 5.32 Å². The third-order valence-electron chi connectivity index (χ3n) is 2.46. The summed E-state index contributed by atoms with van der Waals surface area (Å²) in [4.78, 5) is 7.89. The lowest BCUT2D eigenvalue weighted by atomic mass is 10.2. The van der Waals surface area contributed by atoms with Crippen molar-refractivity contribution in [3.63, 3.8) is 0 Å². The number of aromatic nitrogens is 2. The number of nitriles is 1. The van der Waals surface area contributed by atoms with E-state index < -0.39 is 0 Å². The molecular formula is C10H12N4. The van der Waals surface area contributed by atoms with Gasteiger partial charge >= 0.3 is 0 Å². The van der Waals surface area contributed by atoms with Gasteiger partial charge in [-0.15, -0.1) is 0 Å². The first-order chi connectivity index (χ1) is 6.88. The summed E-state index contributed by atoms with van der Waals surface area (Å²) in [6.07, 6.45) is 6.59. The van der Waals surface area contributed by atoms with E-state index in [4.69, 9.17) is 5.26 Å². The van der Waals surface area contributed by atoms with Gasteiger partial charge in [0.25, 0.3) is 0 Å². The Hall–Kier alpha value is -1.63. The summed E-state index contributed by atoms with van der Waals surface area (Å²) < 4.78 is 0. The second kappa shape index (κ2) is 4.05. The fraction of sp³-hybridized carbons (Fsp3) is 0.500. The summed E-state index contributed by atoms with van der Waals surface area (Å²) in [7, 11) is 0. The fourth-order valence-electron chi connectivity index (χ4n) is 1.77. The SMILES string of the molecule is N#Cc1nccc(NC2CCCC2)n1. The Morgan fingerprint density at radius 1 is 1.43 bits per heavy atom. The van der Waals surface area contributed by atoms with Crippen LogP contribution < -0.4 is 5.32 Å². The van der Waals surface area contributed by atoms with Crippen LogP contribution in [0.3, 0.4) is 0 Å². The predicted molar refractivity (Wildman–Crippen MR) is 52.6 cm³/mol. The van der Waals surface area contributed by atoms with Gasteiger partial charge in [-0.05, 0) is 18.9 Å². The van der Waals surface area contributed by atoms with Crippen LogP contribution in [0.15, 0.2) is 12.3 Å². The highest BCUT2D eigenvalue weighted by atomic mass is 15.0. The van der Waals surface area contributed by atoms with Gasteiger partial charge in [-0.25, -0.2) is 9.97 Å². The minimum Gasteiger partial charge on any atom is -0.367 e. The van der Waals surface area contributed by atoms with E-state index in [0.717, 1.165) is 5.82 Å². The zero-order valence-corrected chi connectivity index (χ0v) is 7.90. The van der Waals surface area contributed by atoms with Crippen molar-refractivity contribution in [1.82, 2.24) is 9.97 Å². The van der Waals surface area contributed by atoms with E-state index >= 15 is 0 Å². The second-order valence-corrected chi connectivity index (χ2v) is 3.50. The molecule has 0 spiro atoms. The highest BCUT2D eigenvalue weighted by Crippen LogP contribution is 2.20. The number of nitrogens with zero attached hydrogens (tertiary/aromatic N) is 3. The number of hydrogen-bond donors (Lipinski definition) is 1. The lowest BCUT2D eigenvalue weighted by molar-refractivity contribution is 0.749. The van der Waals surface area contributed by atoms with Crippen molar-refractivity contribution in [3.05, 3.63) is 18.1 Å². The standard InChI is InChI=1S/C10H12N4/c11-7-10-12-6-5-9(14-10)13-8-3-1-2-4-8/h5-6,8H,1-4H2,(H,12,13,14). The first kappa shape index (κ1) is 8.95. The van der Waals surface area contributed by atoms with E-state index in [0.29, 0.717) is 6.04 Å². The first-order valence-electron chi connectivity index (χ1n) is 4.88. The predicted octanol–water partition coefficient (Wildman–Crippen LogP) is 1.70. The molecule has 1 heterocycles. The highest BCUT2D eigenvalue weighted by Gasteiger charge is 2.14. The Morgan fingerprint density at radius 3 is 2.93 bits per heavy atom. The monoisotopic (exact) mass is 188 g/mol. The van der Waals surface area contributed by atoms with E-state index in [1.54, 1.807) is 12.3 Å². The summed E-state index contributed by atoms with van der Waals surface area (Å²) in [5.41, 5.74) is 0. The molecule has 0 bridgehead atoms. The van der Waals surface area contributed by atoms with Crippen molar-refractivity contribution in [2.24, 2.45) is 0 Å². The molecule has 1 N–H and O–H groups in total. The van der Waals surface area contributed by atoms with E-state index in [9.17, 15) is 0 Å². The van der Waals surface area contributed by atoms with Crippen molar-refractivity contribution in [1.29, 1.82) is 5.26 Å². The molecule has 0 radical (unpaired) electrons. The molecule has 4 nitrogen and oxygen atoms in total. The maximum absolute atomic E-state index is 8.62. The van der Waals surface area contributed by atoms with Crippen LogP contribution in [0.2, 0.25) is 0 Å². The lowest BCUT2D eigenvalue weighted by Gasteiger charge is -2.11. The first-order valence-corrected chi connectivity index (χ1v) is 4.88. The van der Waals surface area contributed by atoms with Crippen molar-refractivity contribution in [2.45, 2.75) is 31.7 Å². The Bertz CT molecular complexity index is 349. The molecule has 14 heavy (non-hydrogen) atoms. The Kier molecular flexibility index (Phi) is 2.59. The van der Waals surface area contributed by atoms with Crippen LogP contribution in [0, 0.1) is 11.3 Å². The van der Waals surface area contributed by atoms with Gasteiger partial charge in [0.2, 0.25) is 5.82 Å². The number of nitrogens with one attached hydrogen (secondary N) is 1. The summed E-state index contributed by atoms with van der Waals surface area (Å²) in [6, 6.07) is 4.26. The third kappa shape index (κ3) is 1.99. The van der Waals surface area contributed by atoms with Crippen molar-refractivity contribution in [3.8, 4) is 6.07 Å². The molecular weight excluding hydrogens is 176 g/mol. The van der Waals surface area contributed by atoms with Crippen LogP contribution in [0.25, 0.3) is 0 Å². The maximum Gasteiger partial charge on any atom is 0.234 e. The van der Waals surface area contributed by atoms with Gasteiger partial charge in [0, 0.05) is 12.2 Å². The minimum atomic E-state index is 0.230. The van der Waals surface area contributed by atoms with Crippen LogP contribution in [0.1, 0.15) is 31.5 Å². The zero-order chi connectivity index (χ0) is 9.80. The summed E-state index contributed by atoms with van der Waals surface area (Å²) in [6.45, 7) is 0. The average Bonchev–Trinajstić information content (AvgIpc) is 2.71. The van der Waals surface area contributed by atoms with Gasteiger partial charge in [0.1, 0.15) is 11.9 Å². The Morgan fingerprint density at radius 2 is 2.21 bits per heavy atom. The molecule has 2 rings (SSSR count). The summed E-state index contributed by atoms with van der Waals surface area (Å²) in [5, 5.41) is 11.9. The van der Waals surface area contributed by atoms with Gasteiger partial charge in [-0.1, -0.05) is 12.8 Å². The van der Waals surface area contributed by atoms with E-state index in [-0.39, 0.29) is 5.82 Å². The molecule has 0 aliphatic heterocycles. The van der Waals surface area contributed by atoms with Crippen LogP contribution in [0.4, 0.5) is 5.82 Å². The molecule has 1 fully saturated rings. The minimum absolute atomic E-state index is 0.230. The fourth-order valence-corrected chi connectivity index (χ4v) is 1.77. The largest absolute Gasteiger partial charge is 0.367 e. The molecule has 0 aromatic carbocycles. The smallest absolute Gasteiger partial charge is 0.234 e. The lowest BCUT2D eigenvalue weighted by Crippen LogP contribution is -2.15. The number of rotatable bonds is 2. The van der Waals surface area contributed by atoms with Crippen LogP contribution in [0.5, 0.6) is 0 Å². The zero-order valence-electron chi connectivity index (χ0n) is 7.90. The van der Waals surface area contributed by atoms with E-state index in [2.05, 4.69) is 15.3 Å². The van der Waals surface area contributed by atoms with Crippen LogP contribution in [-0.2, 0) is 0 Å². The van der Waals surface area contributed by atoms with Gasteiger partial charge in [0.15, 0.2) is 0 Å². The average molecular weight is 188 g/mol. The van der Waals surface area contributed by atoms with E-state index in [1.807, 2.05) is 6.07 Å². The molecule has 0 atom stereocenters. The second-order valence-electron chi connectivity index (χ2n) is 3.50.